The number of benzene rings is 1. The molecule has 1 unspecified atom stereocenters. The average Bonchev–Trinajstić information content (AvgIpc) is 3.26. The van der Waals surface area contributed by atoms with Gasteiger partial charge in [0.25, 0.3) is 0 Å². The molecular weight excluding hydrogens is 417 g/mol. The molecule has 0 spiro atoms. The SMILES string of the molecule is Cc1c(C(C)N=C2NC3=CCCN3C3=C2CN(S(C)(=O)=O)C3)cccc1C(F)(F)F. The van der Waals surface area contributed by atoms with Crippen molar-refractivity contribution >= 4 is 15.9 Å². The minimum atomic E-state index is -4.43. The second kappa shape index (κ2) is 7.12. The lowest BCUT2D eigenvalue weighted by molar-refractivity contribution is -0.138. The van der Waals surface area contributed by atoms with Gasteiger partial charge in [-0.05, 0) is 43.5 Å². The van der Waals surface area contributed by atoms with Gasteiger partial charge in [0.15, 0.2) is 0 Å². The van der Waals surface area contributed by atoms with E-state index in [1.165, 1.54) is 23.6 Å². The topological polar surface area (TPSA) is 65.0 Å². The number of alkyl halides is 3. The molecule has 0 saturated heterocycles. The van der Waals surface area contributed by atoms with E-state index in [9.17, 15) is 21.6 Å². The Morgan fingerprint density at radius 1 is 1.23 bits per heavy atom. The standard InChI is InChI=1S/C20H23F3N4O2S/c1-12-14(6-4-7-16(12)20(21,22)23)13(2)24-19-15-10-26(30(3,28)29)11-17(15)27-9-5-8-18(27)25-19/h4,6-8,13H,5,9-11H2,1-3H3,(H,24,25). The largest absolute Gasteiger partial charge is 0.416 e. The Morgan fingerprint density at radius 2 is 1.97 bits per heavy atom. The van der Waals surface area contributed by atoms with Gasteiger partial charge >= 0.3 is 6.18 Å². The number of amidine groups is 1. The van der Waals surface area contributed by atoms with Gasteiger partial charge in [-0.25, -0.2) is 8.42 Å². The first kappa shape index (κ1) is 20.9. The van der Waals surface area contributed by atoms with Crippen LogP contribution in [0.1, 0.15) is 36.1 Å². The molecule has 0 fully saturated rings. The van der Waals surface area contributed by atoms with Gasteiger partial charge in [-0.1, -0.05) is 12.1 Å². The highest BCUT2D eigenvalue weighted by molar-refractivity contribution is 7.88. The Bertz CT molecular complexity index is 1090. The predicted octanol–water partition coefficient (Wildman–Crippen LogP) is 3.15. The second-order valence-corrected chi connectivity index (χ2v) is 9.76. The monoisotopic (exact) mass is 440 g/mol. The zero-order chi connectivity index (χ0) is 21.8. The first-order chi connectivity index (χ1) is 14.0. The number of hydrogen-bond donors (Lipinski definition) is 1. The lowest BCUT2D eigenvalue weighted by atomic mass is 9.97. The van der Waals surface area contributed by atoms with Crippen molar-refractivity contribution in [2.75, 3.05) is 25.9 Å². The molecular formula is C20H23F3N4O2S. The zero-order valence-electron chi connectivity index (χ0n) is 16.9. The highest BCUT2D eigenvalue weighted by Gasteiger charge is 2.39. The molecule has 0 saturated carbocycles. The van der Waals surface area contributed by atoms with E-state index in [-0.39, 0.29) is 18.7 Å². The van der Waals surface area contributed by atoms with Crippen LogP contribution < -0.4 is 5.32 Å². The minimum Gasteiger partial charge on any atom is -0.330 e. The molecule has 6 nitrogen and oxygen atoms in total. The van der Waals surface area contributed by atoms with Crippen molar-refractivity contribution in [3.05, 3.63) is 58.1 Å². The fraction of sp³-hybridized carbons (Fsp3) is 0.450. The molecule has 0 bridgehead atoms. The fourth-order valence-corrected chi connectivity index (χ4v) is 4.94. The summed E-state index contributed by atoms with van der Waals surface area (Å²) >= 11 is 0. The highest BCUT2D eigenvalue weighted by Crippen LogP contribution is 2.36. The van der Waals surface area contributed by atoms with Crippen LogP contribution in [-0.4, -0.2) is 49.3 Å². The van der Waals surface area contributed by atoms with E-state index in [0.717, 1.165) is 36.1 Å². The molecule has 1 N–H and O–H groups in total. The summed E-state index contributed by atoms with van der Waals surface area (Å²) in [6.07, 6.45) is -0.413. The number of sulfonamides is 1. The normalized spacial score (nSPS) is 22.1. The van der Waals surface area contributed by atoms with Crippen molar-refractivity contribution in [2.24, 2.45) is 4.99 Å². The maximum atomic E-state index is 13.3. The van der Waals surface area contributed by atoms with Gasteiger partial charge in [-0.3, -0.25) is 4.99 Å². The Labute approximate surface area is 173 Å². The quantitative estimate of drug-likeness (QED) is 0.784. The molecule has 1 atom stereocenters. The minimum absolute atomic E-state index is 0.151. The molecule has 10 heteroatoms. The van der Waals surface area contributed by atoms with Crippen LogP contribution in [0.5, 0.6) is 0 Å². The highest BCUT2D eigenvalue weighted by atomic mass is 32.2. The number of halogens is 3. The summed E-state index contributed by atoms with van der Waals surface area (Å²) in [5, 5.41) is 3.26. The number of hydrogen-bond acceptors (Lipinski definition) is 4. The second-order valence-electron chi connectivity index (χ2n) is 7.78. The number of rotatable bonds is 3. The zero-order valence-corrected chi connectivity index (χ0v) is 17.7. The van der Waals surface area contributed by atoms with Gasteiger partial charge in [0.2, 0.25) is 10.0 Å². The van der Waals surface area contributed by atoms with Crippen LogP contribution in [0.25, 0.3) is 0 Å². The molecule has 0 aromatic heterocycles. The summed E-state index contributed by atoms with van der Waals surface area (Å²) in [5.74, 6) is 1.36. The maximum Gasteiger partial charge on any atom is 0.416 e. The lowest BCUT2D eigenvalue weighted by Crippen LogP contribution is -2.40. The molecule has 0 amide bonds. The van der Waals surface area contributed by atoms with Gasteiger partial charge < -0.3 is 10.2 Å². The third-order valence-electron chi connectivity index (χ3n) is 5.77. The smallest absolute Gasteiger partial charge is 0.330 e. The molecule has 3 aliphatic rings. The van der Waals surface area contributed by atoms with Crippen LogP contribution in [0, 0.1) is 6.92 Å². The maximum absolute atomic E-state index is 13.3. The molecule has 162 valence electrons. The molecule has 1 aromatic carbocycles. The molecule has 0 aliphatic carbocycles. The van der Waals surface area contributed by atoms with E-state index in [0.29, 0.717) is 11.4 Å². The molecule has 4 rings (SSSR count). The van der Waals surface area contributed by atoms with E-state index < -0.39 is 27.8 Å². The molecule has 1 aromatic rings. The van der Waals surface area contributed by atoms with Crippen molar-refractivity contribution in [3.63, 3.8) is 0 Å². The van der Waals surface area contributed by atoms with Crippen LogP contribution in [-0.2, 0) is 16.2 Å². The molecule has 0 radical (unpaired) electrons. The van der Waals surface area contributed by atoms with Crippen LogP contribution in [0.3, 0.4) is 0 Å². The first-order valence-electron chi connectivity index (χ1n) is 9.63. The van der Waals surface area contributed by atoms with Gasteiger partial charge in [0, 0.05) is 24.4 Å². The number of aliphatic imine (C=N–C) groups is 1. The summed E-state index contributed by atoms with van der Waals surface area (Å²) in [7, 11) is -3.38. The van der Waals surface area contributed by atoms with E-state index >= 15 is 0 Å². The van der Waals surface area contributed by atoms with E-state index in [2.05, 4.69) is 10.2 Å². The van der Waals surface area contributed by atoms with Gasteiger partial charge in [0.05, 0.1) is 24.4 Å². The van der Waals surface area contributed by atoms with Crippen molar-refractivity contribution < 1.29 is 21.6 Å². The number of nitrogens with zero attached hydrogens (tertiary/aromatic N) is 3. The van der Waals surface area contributed by atoms with Crippen molar-refractivity contribution in [1.29, 1.82) is 0 Å². The van der Waals surface area contributed by atoms with Gasteiger partial charge in [0.1, 0.15) is 11.7 Å². The Kier molecular flexibility index (Phi) is 4.97. The Hall–Kier alpha value is -2.33. The molecule has 3 heterocycles. The van der Waals surface area contributed by atoms with E-state index in [4.69, 9.17) is 4.99 Å². The summed E-state index contributed by atoms with van der Waals surface area (Å²) in [5.41, 5.74) is 1.63. The first-order valence-corrected chi connectivity index (χ1v) is 11.5. The Balaban J connectivity index is 1.73. The van der Waals surface area contributed by atoms with Crippen LogP contribution >= 0.6 is 0 Å². The van der Waals surface area contributed by atoms with Gasteiger partial charge in [-0.2, -0.15) is 17.5 Å². The van der Waals surface area contributed by atoms with Crippen LogP contribution in [0.2, 0.25) is 0 Å². The number of fused-ring (bicyclic) bond motifs is 2. The van der Waals surface area contributed by atoms with Gasteiger partial charge in [-0.15, -0.1) is 0 Å². The predicted molar refractivity (Wildman–Crippen MR) is 108 cm³/mol. The molecule has 30 heavy (non-hydrogen) atoms. The Morgan fingerprint density at radius 3 is 2.63 bits per heavy atom. The average molecular weight is 440 g/mol. The van der Waals surface area contributed by atoms with Crippen molar-refractivity contribution in [3.8, 4) is 0 Å². The van der Waals surface area contributed by atoms with E-state index in [1.807, 2.05) is 6.08 Å². The lowest BCUT2D eigenvalue weighted by Gasteiger charge is -2.31. The summed E-state index contributed by atoms with van der Waals surface area (Å²) < 4.78 is 65.5. The van der Waals surface area contributed by atoms with Crippen LogP contribution in [0.4, 0.5) is 13.2 Å². The third-order valence-corrected chi connectivity index (χ3v) is 6.97. The summed E-state index contributed by atoms with van der Waals surface area (Å²) in [6, 6.07) is 3.57. The van der Waals surface area contributed by atoms with E-state index in [1.54, 1.807) is 13.0 Å². The summed E-state index contributed by atoms with van der Waals surface area (Å²) in [6.45, 7) is 4.42. The van der Waals surface area contributed by atoms with Crippen molar-refractivity contribution in [2.45, 2.75) is 32.5 Å². The molecule has 3 aliphatic heterocycles. The summed E-state index contributed by atoms with van der Waals surface area (Å²) in [4.78, 5) is 6.76. The van der Waals surface area contributed by atoms with Crippen LogP contribution in [0.15, 0.2) is 46.4 Å². The van der Waals surface area contributed by atoms with Crippen molar-refractivity contribution in [1.82, 2.24) is 14.5 Å². The number of nitrogens with one attached hydrogen (secondary N) is 1. The fourth-order valence-electron chi connectivity index (χ4n) is 4.22. The third kappa shape index (κ3) is 3.62.